The Labute approximate surface area is 199 Å². The predicted molar refractivity (Wildman–Crippen MR) is 120 cm³/mol. The van der Waals surface area contributed by atoms with E-state index in [0.717, 1.165) is 0 Å². The number of nitro groups is 1. The highest BCUT2D eigenvalue weighted by atomic mass is 32.2. The highest BCUT2D eigenvalue weighted by molar-refractivity contribution is 7.87. The van der Waals surface area contributed by atoms with Crippen molar-refractivity contribution in [3.63, 3.8) is 0 Å². The molecule has 2 fully saturated rings. The normalized spacial score (nSPS) is 26.2. The number of rotatable bonds is 6. The third-order valence-corrected chi connectivity index (χ3v) is 7.94. The number of carbonyl (C=O) groups excluding carboxylic acids is 3. The first-order valence-corrected chi connectivity index (χ1v) is 11.9. The van der Waals surface area contributed by atoms with Gasteiger partial charge in [0.25, 0.3) is 5.69 Å². The van der Waals surface area contributed by atoms with Crippen LogP contribution < -0.4 is 0 Å². The summed E-state index contributed by atoms with van der Waals surface area (Å²) in [4.78, 5) is 49.3. The van der Waals surface area contributed by atoms with Gasteiger partial charge in [0.15, 0.2) is 0 Å². The van der Waals surface area contributed by atoms with Crippen LogP contribution in [-0.2, 0) is 41.2 Å². The molecule has 186 valence electrons. The molecule has 0 saturated carbocycles. The Kier molecular flexibility index (Phi) is 6.75. The smallest absolute Gasteiger partial charge is 0.458 e. The van der Waals surface area contributed by atoms with Crippen molar-refractivity contribution in [1.29, 1.82) is 0 Å². The van der Waals surface area contributed by atoms with E-state index in [1.807, 2.05) is 0 Å². The number of fused-ring (bicyclic) bond motifs is 1. The Hall–Kier alpha value is -3.02. The number of nitro benzene ring substituents is 1. The number of ether oxygens (including phenoxy) is 3. The zero-order valence-electron chi connectivity index (χ0n) is 19.8. The second-order valence-corrected chi connectivity index (χ2v) is 11.9. The summed E-state index contributed by atoms with van der Waals surface area (Å²) in [5.41, 5.74) is -0.353. The molecule has 0 aliphatic carbocycles. The number of carbonyl (C=O) groups is 3. The largest absolute Gasteiger partial charge is 0.508 e. The molecule has 0 radical (unpaired) electrons. The molecule has 0 N–H and O–H groups in total. The van der Waals surface area contributed by atoms with E-state index in [1.165, 1.54) is 36.1 Å². The van der Waals surface area contributed by atoms with E-state index >= 15 is 0 Å². The predicted octanol–water partition coefficient (Wildman–Crippen LogP) is 2.67. The average molecular weight is 497 g/mol. The van der Waals surface area contributed by atoms with Crippen molar-refractivity contribution in [2.75, 3.05) is 0 Å². The van der Waals surface area contributed by atoms with Gasteiger partial charge >= 0.3 is 12.1 Å². The summed E-state index contributed by atoms with van der Waals surface area (Å²) < 4.78 is 27.9. The van der Waals surface area contributed by atoms with Crippen molar-refractivity contribution in [3.8, 4) is 0 Å². The van der Waals surface area contributed by atoms with Crippen LogP contribution in [0.1, 0.15) is 47.1 Å². The molecule has 2 saturated heterocycles. The SMILES string of the molecule is C[C@@H](OC(=O)OCc1ccc([N+](=O)[O-])cc1)[C@@H]1C(=O)N2[C@@H]1S(=O)C(C)(C)[C@@H]2C(=O)OC(C)(C)C. The number of benzene rings is 1. The third-order valence-electron chi connectivity index (χ3n) is 5.72. The summed E-state index contributed by atoms with van der Waals surface area (Å²) in [6.07, 6.45) is -1.99. The van der Waals surface area contributed by atoms with Crippen LogP contribution in [0.3, 0.4) is 0 Å². The minimum atomic E-state index is -1.61. The Morgan fingerprint density at radius 1 is 1.24 bits per heavy atom. The van der Waals surface area contributed by atoms with Crippen LogP contribution in [-0.4, -0.2) is 59.9 Å². The number of esters is 1. The van der Waals surface area contributed by atoms with Crippen molar-refractivity contribution in [2.24, 2.45) is 5.92 Å². The summed E-state index contributed by atoms with van der Waals surface area (Å²) in [7, 11) is -1.61. The molecule has 11 nitrogen and oxygen atoms in total. The van der Waals surface area contributed by atoms with E-state index in [-0.39, 0.29) is 12.3 Å². The van der Waals surface area contributed by atoms with Crippen LogP contribution in [0.15, 0.2) is 24.3 Å². The van der Waals surface area contributed by atoms with Crippen LogP contribution in [0.4, 0.5) is 10.5 Å². The minimum absolute atomic E-state index is 0.0924. The van der Waals surface area contributed by atoms with Gasteiger partial charge in [0.2, 0.25) is 5.91 Å². The van der Waals surface area contributed by atoms with E-state index in [9.17, 15) is 28.7 Å². The minimum Gasteiger partial charge on any atom is -0.458 e. The molecule has 34 heavy (non-hydrogen) atoms. The molecule has 1 amide bonds. The first-order chi connectivity index (χ1) is 15.6. The first kappa shape index (κ1) is 25.6. The van der Waals surface area contributed by atoms with Gasteiger partial charge in [-0.25, -0.2) is 9.59 Å². The molecular weight excluding hydrogens is 468 g/mol. The average Bonchev–Trinajstić information content (AvgIpc) is 2.89. The summed E-state index contributed by atoms with van der Waals surface area (Å²) in [5.74, 6) is -1.97. The first-order valence-electron chi connectivity index (χ1n) is 10.7. The highest BCUT2D eigenvalue weighted by Gasteiger charge is 2.69. The number of β-lactam (4-membered cyclic amide) rings is 1. The molecule has 0 bridgehead atoms. The lowest BCUT2D eigenvalue weighted by molar-refractivity contribution is -0.384. The maximum absolute atomic E-state index is 13.2. The van der Waals surface area contributed by atoms with Crippen LogP contribution in [0.25, 0.3) is 0 Å². The van der Waals surface area contributed by atoms with Gasteiger partial charge in [0.1, 0.15) is 35.6 Å². The fourth-order valence-electron chi connectivity index (χ4n) is 4.08. The molecule has 1 aromatic carbocycles. The lowest BCUT2D eigenvalue weighted by Crippen LogP contribution is -2.66. The van der Waals surface area contributed by atoms with Gasteiger partial charge in [0.05, 0.1) is 20.5 Å². The zero-order valence-corrected chi connectivity index (χ0v) is 20.6. The molecule has 12 heteroatoms. The van der Waals surface area contributed by atoms with Crippen molar-refractivity contribution in [1.82, 2.24) is 4.90 Å². The molecule has 2 heterocycles. The third kappa shape index (κ3) is 4.77. The molecule has 1 aromatic rings. The second kappa shape index (κ2) is 8.97. The fraction of sp³-hybridized carbons (Fsp3) is 0.591. The van der Waals surface area contributed by atoms with Gasteiger partial charge in [-0.15, -0.1) is 0 Å². The summed E-state index contributed by atoms with van der Waals surface area (Å²) in [6.45, 7) is 9.73. The topological polar surface area (TPSA) is 142 Å². The Morgan fingerprint density at radius 3 is 2.35 bits per heavy atom. The number of nitrogens with zero attached hydrogens (tertiary/aromatic N) is 2. The summed E-state index contributed by atoms with van der Waals surface area (Å²) in [6, 6.07) is 4.45. The lowest BCUT2D eigenvalue weighted by Gasteiger charge is -2.45. The number of hydrogen-bond donors (Lipinski definition) is 0. The molecule has 0 aromatic heterocycles. The molecular formula is C22H28N2O9S. The number of non-ortho nitro benzene ring substituents is 1. The maximum Gasteiger partial charge on any atom is 0.508 e. The fourth-order valence-corrected chi connectivity index (χ4v) is 6.17. The lowest BCUT2D eigenvalue weighted by atomic mass is 9.88. The Balaban J connectivity index is 1.63. The maximum atomic E-state index is 13.2. The highest BCUT2D eigenvalue weighted by Crippen LogP contribution is 2.48. The molecule has 2 aliphatic rings. The molecule has 1 unspecified atom stereocenters. The van der Waals surface area contributed by atoms with Gasteiger partial charge in [-0.3, -0.25) is 19.1 Å². The van der Waals surface area contributed by atoms with Crippen molar-refractivity contribution in [3.05, 3.63) is 39.9 Å². The van der Waals surface area contributed by atoms with E-state index in [2.05, 4.69) is 0 Å². The van der Waals surface area contributed by atoms with Gasteiger partial charge < -0.3 is 19.1 Å². The summed E-state index contributed by atoms with van der Waals surface area (Å²) in [5, 5.41) is 9.91. The van der Waals surface area contributed by atoms with Crippen LogP contribution in [0.5, 0.6) is 0 Å². The van der Waals surface area contributed by atoms with Gasteiger partial charge in [-0.2, -0.15) is 0 Å². The van der Waals surface area contributed by atoms with E-state index in [0.29, 0.717) is 5.56 Å². The van der Waals surface area contributed by atoms with Crippen LogP contribution >= 0.6 is 0 Å². The number of hydrogen-bond acceptors (Lipinski definition) is 9. The Morgan fingerprint density at radius 2 is 1.82 bits per heavy atom. The van der Waals surface area contributed by atoms with Crippen molar-refractivity contribution in [2.45, 2.75) is 76.0 Å². The monoisotopic (exact) mass is 496 g/mol. The second-order valence-electron chi connectivity index (χ2n) is 9.78. The van der Waals surface area contributed by atoms with E-state index < -0.39 is 67.5 Å². The quantitative estimate of drug-likeness (QED) is 0.251. The van der Waals surface area contributed by atoms with Crippen LogP contribution in [0.2, 0.25) is 0 Å². The van der Waals surface area contributed by atoms with Gasteiger partial charge in [0, 0.05) is 12.1 Å². The van der Waals surface area contributed by atoms with Gasteiger partial charge in [-0.05, 0) is 59.2 Å². The van der Waals surface area contributed by atoms with Crippen LogP contribution in [0, 0.1) is 16.0 Å². The van der Waals surface area contributed by atoms with Crippen molar-refractivity contribution < 1.29 is 37.7 Å². The number of amides is 1. The van der Waals surface area contributed by atoms with E-state index in [1.54, 1.807) is 34.6 Å². The zero-order chi connectivity index (χ0) is 25.6. The van der Waals surface area contributed by atoms with Crippen molar-refractivity contribution >= 4 is 34.5 Å². The summed E-state index contributed by atoms with van der Waals surface area (Å²) >= 11 is 0. The molecule has 0 spiro atoms. The Bertz CT molecular complexity index is 1030. The molecule has 5 atom stereocenters. The van der Waals surface area contributed by atoms with E-state index in [4.69, 9.17) is 14.2 Å². The molecule has 2 aliphatic heterocycles. The standard InChI is InChI=1S/C22H28N2O9S/c1-12(32-20(27)31-11-13-7-9-14(10-8-13)24(28)29)15-17(25)23-16(19(26)33-21(2,3)4)22(5,6)34(30)18(15)23/h7-10,12,15-16,18H,11H2,1-6H3/t12-,15-,16+,18-,34?/m1/s1. The molecule has 3 rings (SSSR count). The van der Waals surface area contributed by atoms with Gasteiger partial charge in [-0.1, -0.05) is 0 Å².